The second-order valence-corrected chi connectivity index (χ2v) is 9.92. The highest BCUT2D eigenvalue weighted by molar-refractivity contribution is 7.90. The SMILES string of the molecule is O=C(Cn1cc(S(=O)(=O)Cc2ccccc2)c2ccccc21)Nc1cccc2ccccc12. The normalized spacial score (nSPS) is 11.6. The van der Waals surface area contributed by atoms with Gasteiger partial charge in [-0.2, -0.15) is 0 Å². The molecule has 33 heavy (non-hydrogen) atoms. The Labute approximate surface area is 192 Å². The third-order valence-corrected chi connectivity index (χ3v) is 7.37. The van der Waals surface area contributed by atoms with E-state index in [-0.39, 0.29) is 23.1 Å². The summed E-state index contributed by atoms with van der Waals surface area (Å²) in [5.74, 6) is -0.316. The minimum Gasteiger partial charge on any atom is -0.337 e. The van der Waals surface area contributed by atoms with Gasteiger partial charge in [0, 0.05) is 28.2 Å². The summed E-state index contributed by atoms with van der Waals surface area (Å²) < 4.78 is 28.2. The van der Waals surface area contributed by atoms with Gasteiger partial charge < -0.3 is 9.88 Å². The summed E-state index contributed by atoms with van der Waals surface area (Å²) in [7, 11) is -3.60. The number of aromatic nitrogens is 1. The van der Waals surface area contributed by atoms with Crippen LogP contribution in [0, 0.1) is 0 Å². The highest BCUT2D eigenvalue weighted by Crippen LogP contribution is 2.28. The molecule has 0 saturated heterocycles. The molecule has 1 amide bonds. The summed E-state index contributed by atoms with van der Waals surface area (Å²) >= 11 is 0. The van der Waals surface area contributed by atoms with Crippen LogP contribution in [0.15, 0.2) is 108 Å². The average Bonchev–Trinajstić information content (AvgIpc) is 3.19. The molecule has 0 aliphatic heterocycles. The van der Waals surface area contributed by atoms with Crippen molar-refractivity contribution < 1.29 is 13.2 Å². The highest BCUT2D eigenvalue weighted by Gasteiger charge is 2.22. The number of rotatable bonds is 6. The van der Waals surface area contributed by atoms with Gasteiger partial charge >= 0.3 is 0 Å². The Kier molecular flexibility index (Phi) is 5.44. The van der Waals surface area contributed by atoms with Crippen LogP contribution in [0.5, 0.6) is 0 Å². The molecule has 1 aromatic heterocycles. The molecule has 0 spiro atoms. The fourth-order valence-electron chi connectivity index (χ4n) is 4.14. The zero-order valence-electron chi connectivity index (χ0n) is 17.8. The Morgan fingerprint density at radius 3 is 2.24 bits per heavy atom. The van der Waals surface area contributed by atoms with E-state index < -0.39 is 9.84 Å². The lowest BCUT2D eigenvalue weighted by Gasteiger charge is -2.10. The number of anilines is 1. The van der Waals surface area contributed by atoms with Crippen LogP contribution in [0.4, 0.5) is 5.69 Å². The molecule has 0 atom stereocenters. The maximum Gasteiger partial charge on any atom is 0.244 e. The maximum atomic E-state index is 13.2. The van der Waals surface area contributed by atoms with Crippen molar-refractivity contribution in [1.82, 2.24) is 4.57 Å². The number of carbonyl (C=O) groups is 1. The first-order valence-corrected chi connectivity index (χ1v) is 12.3. The van der Waals surface area contributed by atoms with E-state index in [4.69, 9.17) is 0 Å². The van der Waals surface area contributed by atoms with Gasteiger partial charge in [-0.3, -0.25) is 4.79 Å². The van der Waals surface area contributed by atoms with Gasteiger partial charge in [0.15, 0.2) is 9.84 Å². The largest absolute Gasteiger partial charge is 0.337 e. The molecule has 0 aliphatic rings. The minimum absolute atomic E-state index is 0.00456. The van der Waals surface area contributed by atoms with E-state index in [1.165, 1.54) is 0 Å². The van der Waals surface area contributed by atoms with E-state index in [9.17, 15) is 13.2 Å². The summed E-state index contributed by atoms with van der Waals surface area (Å²) in [4.78, 5) is 13.2. The van der Waals surface area contributed by atoms with Crippen LogP contribution in [0.1, 0.15) is 5.56 Å². The van der Waals surface area contributed by atoms with E-state index in [0.717, 1.165) is 22.0 Å². The molecule has 5 rings (SSSR count). The third kappa shape index (κ3) is 4.25. The number of nitrogens with one attached hydrogen (secondary N) is 1. The smallest absolute Gasteiger partial charge is 0.244 e. The second kappa shape index (κ2) is 8.56. The summed E-state index contributed by atoms with van der Waals surface area (Å²) in [5.41, 5.74) is 2.16. The van der Waals surface area contributed by atoms with Crippen LogP contribution in [0.25, 0.3) is 21.7 Å². The Morgan fingerprint density at radius 2 is 1.42 bits per heavy atom. The zero-order valence-corrected chi connectivity index (χ0v) is 18.6. The van der Waals surface area contributed by atoms with Crippen molar-refractivity contribution in [2.75, 3.05) is 5.32 Å². The van der Waals surface area contributed by atoms with Crippen molar-refractivity contribution in [2.45, 2.75) is 17.2 Å². The summed E-state index contributed by atoms with van der Waals surface area (Å²) in [6, 6.07) is 30.0. The van der Waals surface area contributed by atoms with Gasteiger partial charge in [0.25, 0.3) is 0 Å². The van der Waals surface area contributed by atoms with Crippen molar-refractivity contribution in [3.8, 4) is 0 Å². The van der Waals surface area contributed by atoms with E-state index in [1.54, 1.807) is 29.0 Å². The number of benzene rings is 4. The molecule has 0 radical (unpaired) electrons. The van der Waals surface area contributed by atoms with Crippen molar-refractivity contribution in [3.63, 3.8) is 0 Å². The first kappa shape index (κ1) is 21.0. The molecule has 0 bridgehead atoms. The molecule has 0 aliphatic carbocycles. The fraction of sp³-hybridized carbons (Fsp3) is 0.0741. The summed E-state index contributed by atoms with van der Waals surface area (Å²) in [6.45, 7) is 0.00456. The van der Waals surface area contributed by atoms with Gasteiger partial charge in [-0.15, -0.1) is 0 Å². The third-order valence-electron chi connectivity index (χ3n) is 5.66. The average molecular weight is 455 g/mol. The predicted molar refractivity (Wildman–Crippen MR) is 132 cm³/mol. The Balaban J connectivity index is 1.46. The standard InChI is InChI=1S/C27H22N2O3S/c30-27(28-24-15-8-12-21-11-4-5-13-22(21)24)18-29-17-26(23-14-6-7-16-25(23)29)33(31,32)19-20-9-2-1-3-10-20/h1-17H,18-19H2,(H,28,30). The molecule has 0 unspecified atom stereocenters. The zero-order chi connectivity index (χ0) is 22.8. The van der Waals surface area contributed by atoms with E-state index >= 15 is 0 Å². The lowest BCUT2D eigenvalue weighted by atomic mass is 10.1. The quantitative estimate of drug-likeness (QED) is 0.373. The number of sulfone groups is 1. The van der Waals surface area contributed by atoms with Crippen molar-refractivity contribution in [2.24, 2.45) is 0 Å². The minimum atomic E-state index is -3.60. The summed E-state index contributed by atoms with van der Waals surface area (Å²) in [5, 5.41) is 5.59. The number of para-hydroxylation sites is 1. The molecular formula is C27H22N2O3S. The van der Waals surface area contributed by atoms with Crippen LogP contribution in [0.2, 0.25) is 0 Å². The fourth-order valence-corrected chi connectivity index (χ4v) is 5.72. The first-order chi connectivity index (χ1) is 16.0. The molecular weight excluding hydrogens is 432 g/mol. The van der Waals surface area contributed by atoms with Gasteiger partial charge in [0.1, 0.15) is 6.54 Å². The van der Waals surface area contributed by atoms with Crippen LogP contribution in [-0.2, 0) is 26.9 Å². The van der Waals surface area contributed by atoms with Gasteiger partial charge in [0.05, 0.1) is 10.6 Å². The number of hydrogen-bond donors (Lipinski definition) is 1. The number of carbonyl (C=O) groups excluding carboxylic acids is 1. The molecule has 0 saturated carbocycles. The topological polar surface area (TPSA) is 68.2 Å². The maximum absolute atomic E-state index is 13.2. The van der Waals surface area contributed by atoms with Crippen molar-refractivity contribution in [1.29, 1.82) is 0 Å². The molecule has 164 valence electrons. The van der Waals surface area contributed by atoms with Gasteiger partial charge in [-0.05, 0) is 23.1 Å². The first-order valence-electron chi connectivity index (χ1n) is 10.6. The lowest BCUT2D eigenvalue weighted by molar-refractivity contribution is -0.116. The van der Waals surface area contributed by atoms with Gasteiger partial charge in [0.2, 0.25) is 5.91 Å². The monoisotopic (exact) mass is 454 g/mol. The number of nitrogens with zero attached hydrogens (tertiary/aromatic N) is 1. The van der Waals surface area contributed by atoms with E-state index in [2.05, 4.69) is 5.32 Å². The molecule has 1 N–H and O–H groups in total. The summed E-state index contributed by atoms with van der Waals surface area (Å²) in [6.07, 6.45) is 1.58. The Bertz CT molecular complexity index is 1570. The number of hydrogen-bond acceptors (Lipinski definition) is 3. The van der Waals surface area contributed by atoms with Gasteiger partial charge in [-0.1, -0.05) is 84.9 Å². The second-order valence-electron chi connectivity index (χ2n) is 7.96. The van der Waals surface area contributed by atoms with E-state index in [0.29, 0.717) is 10.9 Å². The molecule has 4 aromatic carbocycles. The molecule has 6 heteroatoms. The van der Waals surface area contributed by atoms with E-state index in [1.807, 2.05) is 78.9 Å². The van der Waals surface area contributed by atoms with Crippen molar-refractivity contribution >= 4 is 43.1 Å². The Hall–Kier alpha value is -3.90. The number of amides is 1. The lowest BCUT2D eigenvalue weighted by Crippen LogP contribution is -2.18. The van der Waals surface area contributed by atoms with Gasteiger partial charge in [-0.25, -0.2) is 8.42 Å². The molecule has 1 heterocycles. The van der Waals surface area contributed by atoms with Crippen molar-refractivity contribution in [3.05, 3.63) is 109 Å². The molecule has 0 fully saturated rings. The van der Waals surface area contributed by atoms with Crippen LogP contribution < -0.4 is 5.32 Å². The molecule has 5 nitrogen and oxygen atoms in total. The van der Waals surface area contributed by atoms with Crippen LogP contribution >= 0.6 is 0 Å². The highest BCUT2D eigenvalue weighted by atomic mass is 32.2. The Morgan fingerprint density at radius 1 is 0.758 bits per heavy atom. The number of fused-ring (bicyclic) bond motifs is 2. The molecule has 5 aromatic rings. The van der Waals surface area contributed by atoms with Crippen LogP contribution in [0.3, 0.4) is 0 Å². The predicted octanol–water partition coefficient (Wildman–Crippen LogP) is 5.41. The van der Waals surface area contributed by atoms with Crippen LogP contribution in [-0.4, -0.2) is 18.9 Å².